The highest BCUT2D eigenvalue weighted by molar-refractivity contribution is 6.31. The minimum absolute atomic E-state index is 0. The van der Waals surface area contributed by atoms with Crippen LogP contribution in [0.1, 0.15) is 12.8 Å². The average Bonchev–Trinajstić information content (AvgIpc) is 2.25. The first-order valence-electron chi connectivity index (χ1n) is 5.01. The van der Waals surface area contributed by atoms with Crippen LogP contribution >= 0.6 is 24.0 Å². The lowest BCUT2D eigenvalue weighted by Gasteiger charge is -2.23. The van der Waals surface area contributed by atoms with Gasteiger partial charge >= 0.3 is 0 Å². The number of hydrogen-bond acceptors (Lipinski definition) is 3. The molecule has 0 aliphatic carbocycles. The first-order chi connectivity index (χ1) is 7.25. The van der Waals surface area contributed by atoms with E-state index in [0.29, 0.717) is 10.8 Å². The molecule has 0 unspecified atom stereocenters. The monoisotopic (exact) mass is 264 g/mol. The molecule has 1 aromatic heterocycles. The second kappa shape index (κ2) is 6.13. The van der Waals surface area contributed by atoms with Crippen LogP contribution in [0.4, 0.5) is 0 Å². The first kappa shape index (κ1) is 13.4. The highest BCUT2D eigenvalue weighted by Crippen LogP contribution is 2.23. The number of halogens is 2. The first-order valence-corrected chi connectivity index (χ1v) is 5.39. The van der Waals surface area contributed by atoms with E-state index in [1.54, 1.807) is 0 Å². The molecule has 1 aromatic rings. The van der Waals surface area contributed by atoms with Gasteiger partial charge in [-0.2, -0.15) is 0 Å². The van der Waals surface area contributed by atoms with E-state index in [9.17, 15) is 4.79 Å². The van der Waals surface area contributed by atoms with Crippen molar-refractivity contribution in [2.75, 3.05) is 13.1 Å². The zero-order valence-electron chi connectivity index (χ0n) is 8.66. The van der Waals surface area contributed by atoms with Gasteiger partial charge in [0, 0.05) is 12.3 Å². The van der Waals surface area contributed by atoms with Crippen LogP contribution in [0.25, 0.3) is 0 Å². The third-order valence-electron chi connectivity index (χ3n) is 2.42. The molecular formula is C10H14Cl2N2O2. The Morgan fingerprint density at radius 3 is 2.75 bits per heavy atom. The van der Waals surface area contributed by atoms with E-state index < -0.39 is 0 Å². The van der Waals surface area contributed by atoms with Gasteiger partial charge in [-0.05, 0) is 25.9 Å². The molecule has 1 saturated heterocycles. The van der Waals surface area contributed by atoms with Crippen LogP contribution in [0.5, 0.6) is 5.75 Å². The molecule has 1 aliphatic heterocycles. The molecule has 0 atom stereocenters. The van der Waals surface area contributed by atoms with Gasteiger partial charge in [0.05, 0.1) is 5.02 Å². The number of H-pyrrole nitrogens is 1. The van der Waals surface area contributed by atoms with Crippen molar-refractivity contribution in [3.8, 4) is 5.75 Å². The van der Waals surface area contributed by atoms with Crippen molar-refractivity contribution < 1.29 is 4.74 Å². The van der Waals surface area contributed by atoms with Gasteiger partial charge in [0.1, 0.15) is 11.9 Å². The summed E-state index contributed by atoms with van der Waals surface area (Å²) in [6, 6.07) is 1.39. The molecule has 16 heavy (non-hydrogen) atoms. The Balaban J connectivity index is 0.00000128. The average molecular weight is 265 g/mol. The van der Waals surface area contributed by atoms with Crippen molar-refractivity contribution in [2.45, 2.75) is 18.9 Å². The van der Waals surface area contributed by atoms with E-state index in [2.05, 4.69) is 10.3 Å². The van der Waals surface area contributed by atoms with Gasteiger partial charge in [-0.25, -0.2) is 0 Å². The van der Waals surface area contributed by atoms with Crippen molar-refractivity contribution in [1.29, 1.82) is 0 Å². The topological polar surface area (TPSA) is 54.1 Å². The molecule has 2 N–H and O–H groups in total. The summed E-state index contributed by atoms with van der Waals surface area (Å²) in [7, 11) is 0. The Bertz CT molecular complexity index is 389. The zero-order chi connectivity index (χ0) is 10.7. The van der Waals surface area contributed by atoms with Gasteiger partial charge in [-0.15, -0.1) is 12.4 Å². The van der Waals surface area contributed by atoms with Crippen LogP contribution < -0.4 is 15.6 Å². The van der Waals surface area contributed by atoms with Crippen molar-refractivity contribution >= 4 is 24.0 Å². The third-order valence-corrected chi connectivity index (χ3v) is 2.71. The van der Waals surface area contributed by atoms with Gasteiger partial charge in [0.25, 0.3) is 5.56 Å². The summed E-state index contributed by atoms with van der Waals surface area (Å²) in [5, 5.41) is 3.70. The fourth-order valence-corrected chi connectivity index (χ4v) is 1.77. The Kier molecular flexibility index (Phi) is 5.12. The molecule has 1 fully saturated rings. The maximum Gasteiger partial charge on any atom is 0.251 e. The smallest absolute Gasteiger partial charge is 0.251 e. The predicted octanol–water partition coefficient (Wildman–Crippen LogP) is 1.58. The standard InChI is InChI=1S/C10H13ClN2O2.ClH/c11-8-6-13-10(14)5-9(8)15-7-1-3-12-4-2-7;/h5-7,12H,1-4H2,(H,13,14);1H. The molecule has 0 amide bonds. The molecule has 0 aromatic carbocycles. The Morgan fingerprint density at radius 2 is 2.06 bits per heavy atom. The van der Waals surface area contributed by atoms with Gasteiger partial charge < -0.3 is 15.0 Å². The molecule has 2 rings (SSSR count). The van der Waals surface area contributed by atoms with Crippen LogP contribution in [-0.2, 0) is 0 Å². The molecule has 6 heteroatoms. The Morgan fingerprint density at radius 1 is 1.38 bits per heavy atom. The van der Waals surface area contributed by atoms with Crippen LogP contribution in [0.3, 0.4) is 0 Å². The summed E-state index contributed by atoms with van der Waals surface area (Å²) in [5.74, 6) is 0.479. The normalized spacial score (nSPS) is 16.6. The maximum absolute atomic E-state index is 11.1. The van der Waals surface area contributed by atoms with Crippen molar-refractivity contribution in [2.24, 2.45) is 0 Å². The van der Waals surface area contributed by atoms with E-state index in [1.165, 1.54) is 12.3 Å². The molecule has 0 bridgehead atoms. The predicted molar refractivity (Wildman–Crippen MR) is 65.8 cm³/mol. The molecule has 90 valence electrons. The fraction of sp³-hybridized carbons (Fsp3) is 0.500. The van der Waals surface area contributed by atoms with E-state index >= 15 is 0 Å². The molecule has 0 radical (unpaired) electrons. The van der Waals surface area contributed by atoms with Gasteiger partial charge in [-0.3, -0.25) is 4.79 Å². The third kappa shape index (κ3) is 3.40. The number of aromatic amines is 1. The van der Waals surface area contributed by atoms with Crippen molar-refractivity contribution in [3.05, 3.63) is 27.6 Å². The SMILES string of the molecule is Cl.O=c1cc(OC2CCNCC2)c(Cl)c[nH]1. The summed E-state index contributed by atoms with van der Waals surface area (Å²) < 4.78 is 5.67. The molecule has 2 heterocycles. The van der Waals surface area contributed by atoms with Gasteiger partial charge in [-0.1, -0.05) is 11.6 Å². The van der Waals surface area contributed by atoms with Crippen LogP contribution in [-0.4, -0.2) is 24.2 Å². The van der Waals surface area contributed by atoms with Crippen molar-refractivity contribution in [3.63, 3.8) is 0 Å². The van der Waals surface area contributed by atoms with Gasteiger partial charge in [0.2, 0.25) is 0 Å². The Hall–Kier alpha value is -0.710. The second-order valence-corrected chi connectivity index (χ2v) is 3.98. The molecule has 1 aliphatic rings. The minimum atomic E-state index is -0.191. The summed E-state index contributed by atoms with van der Waals surface area (Å²) >= 11 is 5.90. The van der Waals surface area contributed by atoms with E-state index in [-0.39, 0.29) is 24.1 Å². The van der Waals surface area contributed by atoms with Crippen LogP contribution in [0.2, 0.25) is 5.02 Å². The largest absolute Gasteiger partial charge is 0.489 e. The molecule has 0 spiro atoms. The van der Waals surface area contributed by atoms with Crippen LogP contribution in [0, 0.1) is 0 Å². The number of nitrogens with one attached hydrogen (secondary N) is 2. The summed E-state index contributed by atoms with van der Waals surface area (Å²) in [6.45, 7) is 1.90. The highest BCUT2D eigenvalue weighted by atomic mass is 35.5. The summed E-state index contributed by atoms with van der Waals surface area (Å²) in [6.07, 6.45) is 3.51. The molecular weight excluding hydrogens is 251 g/mol. The summed E-state index contributed by atoms with van der Waals surface area (Å²) in [4.78, 5) is 13.6. The van der Waals surface area contributed by atoms with Crippen molar-refractivity contribution in [1.82, 2.24) is 10.3 Å². The lowest BCUT2D eigenvalue weighted by molar-refractivity contribution is 0.162. The number of ether oxygens (including phenoxy) is 1. The lowest BCUT2D eigenvalue weighted by Crippen LogP contribution is -2.34. The minimum Gasteiger partial charge on any atom is -0.489 e. The number of hydrogen-bond donors (Lipinski definition) is 2. The van der Waals surface area contributed by atoms with Crippen LogP contribution in [0.15, 0.2) is 17.1 Å². The lowest BCUT2D eigenvalue weighted by atomic mass is 10.1. The fourth-order valence-electron chi connectivity index (χ4n) is 1.62. The van der Waals surface area contributed by atoms with E-state index in [4.69, 9.17) is 16.3 Å². The second-order valence-electron chi connectivity index (χ2n) is 3.58. The van der Waals surface area contributed by atoms with E-state index in [0.717, 1.165) is 25.9 Å². The molecule has 4 nitrogen and oxygen atoms in total. The summed E-state index contributed by atoms with van der Waals surface area (Å²) in [5.41, 5.74) is -0.191. The number of piperidine rings is 1. The number of aromatic nitrogens is 1. The molecule has 0 saturated carbocycles. The Labute approximate surface area is 105 Å². The quantitative estimate of drug-likeness (QED) is 0.853. The van der Waals surface area contributed by atoms with E-state index in [1.807, 2.05) is 0 Å². The van der Waals surface area contributed by atoms with Gasteiger partial charge in [0.15, 0.2) is 0 Å². The highest BCUT2D eigenvalue weighted by Gasteiger charge is 2.15. The number of rotatable bonds is 2. The maximum atomic E-state index is 11.1. The number of pyridine rings is 1. The zero-order valence-corrected chi connectivity index (χ0v) is 10.2.